The van der Waals surface area contributed by atoms with Crippen LogP contribution >= 0.6 is 11.6 Å². The number of hydrogen-bond acceptors (Lipinski definition) is 3. The Morgan fingerprint density at radius 3 is 2.52 bits per heavy atom. The number of nitrogens with zero attached hydrogens (tertiary/aromatic N) is 3. The van der Waals surface area contributed by atoms with Crippen LogP contribution in [-0.4, -0.2) is 42.1 Å². The van der Waals surface area contributed by atoms with Crippen molar-refractivity contribution < 1.29 is 18.0 Å². The van der Waals surface area contributed by atoms with Gasteiger partial charge in [0.15, 0.2) is 0 Å². The van der Waals surface area contributed by atoms with Gasteiger partial charge in [0.2, 0.25) is 0 Å². The molecule has 2 aromatic rings. The first-order valence-corrected chi connectivity index (χ1v) is 8.77. The van der Waals surface area contributed by atoms with E-state index in [-0.39, 0.29) is 16.7 Å². The number of amides is 2. The SMILES string of the molecule is O=C(NCc1ccccn1)N1CCN(c2ccc(Cl)cc2C(F)(F)F)CC1. The Morgan fingerprint density at radius 1 is 1.15 bits per heavy atom. The van der Waals surface area contributed by atoms with E-state index >= 15 is 0 Å². The number of hydrogen-bond donors (Lipinski definition) is 1. The summed E-state index contributed by atoms with van der Waals surface area (Å²) in [6.45, 7) is 1.57. The Balaban J connectivity index is 1.60. The molecule has 1 aromatic heterocycles. The highest BCUT2D eigenvalue weighted by atomic mass is 35.5. The second-order valence-corrected chi connectivity index (χ2v) is 6.55. The van der Waals surface area contributed by atoms with Gasteiger partial charge in [-0.1, -0.05) is 17.7 Å². The molecule has 1 aliphatic heterocycles. The third kappa shape index (κ3) is 4.82. The molecule has 1 aromatic carbocycles. The van der Waals surface area contributed by atoms with E-state index in [1.54, 1.807) is 28.1 Å². The first kappa shape index (κ1) is 19.3. The summed E-state index contributed by atoms with van der Waals surface area (Å²) in [5.74, 6) is 0. The molecular formula is C18H18ClF3N4O. The van der Waals surface area contributed by atoms with Crippen LogP contribution in [0.3, 0.4) is 0 Å². The van der Waals surface area contributed by atoms with Gasteiger partial charge < -0.3 is 15.1 Å². The third-order valence-electron chi connectivity index (χ3n) is 4.32. The first-order valence-electron chi connectivity index (χ1n) is 8.39. The molecule has 0 bridgehead atoms. The van der Waals surface area contributed by atoms with Gasteiger partial charge in [0.1, 0.15) is 0 Å². The van der Waals surface area contributed by atoms with E-state index in [1.807, 2.05) is 6.07 Å². The van der Waals surface area contributed by atoms with Crippen molar-refractivity contribution in [2.45, 2.75) is 12.7 Å². The van der Waals surface area contributed by atoms with Gasteiger partial charge in [-0.3, -0.25) is 4.98 Å². The zero-order valence-electron chi connectivity index (χ0n) is 14.3. The summed E-state index contributed by atoms with van der Waals surface area (Å²) < 4.78 is 39.9. The van der Waals surface area contributed by atoms with Gasteiger partial charge in [-0.15, -0.1) is 0 Å². The second kappa shape index (κ2) is 8.04. The van der Waals surface area contributed by atoms with E-state index in [0.717, 1.165) is 11.8 Å². The Kier molecular flexibility index (Phi) is 5.74. The summed E-state index contributed by atoms with van der Waals surface area (Å²) >= 11 is 5.73. The summed E-state index contributed by atoms with van der Waals surface area (Å²) in [4.78, 5) is 19.6. The fourth-order valence-corrected chi connectivity index (χ4v) is 3.11. The number of carbonyl (C=O) groups excluding carboxylic acids is 1. The molecule has 1 saturated heterocycles. The summed E-state index contributed by atoms with van der Waals surface area (Å²) in [5.41, 5.74) is 0.0592. The fraction of sp³-hybridized carbons (Fsp3) is 0.333. The van der Waals surface area contributed by atoms with E-state index in [1.165, 1.54) is 12.1 Å². The van der Waals surface area contributed by atoms with Crippen LogP contribution in [0.25, 0.3) is 0 Å². The molecule has 1 aliphatic rings. The topological polar surface area (TPSA) is 48.5 Å². The highest BCUT2D eigenvalue weighted by Crippen LogP contribution is 2.38. The van der Waals surface area contributed by atoms with Crippen LogP contribution < -0.4 is 10.2 Å². The van der Waals surface area contributed by atoms with Gasteiger partial charge in [0, 0.05) is 43.1 Å². The van der Waals surface area contributed by atoms with Gasteiger partial charge in [-0.25, -0.2) is 4.79 Å². The molecule has 144 valence electrons. The minimum Gasteiger partial charge on any atom is -0.367 e. The number of alkyl halides is 3. The first-order chi connectivity index (χ1) is 12.8. The highest BCUT2D eigenvalue weighted by molar-refractivity contribution is 6.30. The van der Waals surface area contributed by atoms with Crippen LogP contribution in [0.5, 0.6) is 0 Å². The van der Waals surface area contributed by atoms with Crippen molar-refractivity contribution >= 4 is 23.3 Å². The van der Waals surface area contributed by atoms with Crippen molar-refractivity contribution in [1.82, 2.24) is 15.2 Å². The van der Waals surface area contributed by atoms with Gasteiger partial charge in [-0.2, -0.15) is 13.2 Å². The van der Waals surface area contributed by atoms with E-state index in [4.69, 9.17) is 11.6 Å². The molecule has 0 aliphatic carbocycles. The smallest absolute Gasteiger partial charge is 0.367 e. The number of benzene rings is 1. The number of halogens is 4. The van der Waals surface area contributed by atoms with Crippen LogP contribution in [0.4, 0.5) is 23.7 Å². The summed E-state index contributed by atoms with van der Waals surface area (Å²) in [6.07, 6.45) is -2.85. The molecule has 0 saturated carbocycles. The predicted molar refractivity (Wildman–Crippen MR) is 96.7 cm³/mol. The molecule has 0 spiro atoms. The lowest BCUT2D eigenvalue weighted by Gasteiger charge is -2.37. The highest BCUT2D eigenvalue weighted by Gasteiger charge is 2.36. The van der Waals surface area contributed by atoms with Crippen molar-refractivity contribution in [3.63, 3.8) is 0 Å². The molecule has 0 radical (unpaired) electrons. The lowest BCUT2D eigenvalue weighted by Crippen LogP contribution is -2.52. The van der Waals surface area contributed by atoms with Crippen LogP contribution in [0.1, 0.15) is 11.3 Å². The van der Waals surface area contributed by atoms with Gasteiger partial charge in [-0.05, 0) is 30.3 Å². The molecule has 2 amide bonds. The molecule has 1 N–H and O–H groups in total. The molecule has 0 atom stereocenters. The molecule has 0 unspecified atom stereocenters. The minimum atomic E-state index is -4.49. The van der Waals surface area contributed by atoms with Crippen LogP contribution in [0, 0.1) is 0 Å². The summed E-state index contributed by atoms with van der Waals surface area (Å²) in [7, 11) is 0. The summed E-state index contributed by atoms with van der Waals surface area (Å²) in [6, 6.07) is 8.92. The normalized spacial score (nSPS) is 15.0. The monoisotopic (exact) mass is 398 g/mol. The van der Waals surface area contributed by atoms with E-state index in [2.05, 4.69) is 10.3 Å². The van der Waals surface area contributed by atoms with Crippen molar-refractivity contribution in [2.75, 3.05) is 31.1 Å². The summed E-state index contributed by atoms with van der Waals surface area (Å²) in [5, 5.41) is 2.82. The Hall–Kier alpha value is -2.48. The average Bonchev–Trinajstić information content (AvgIpc) is 2.66. The molecule has 27 heavy (non-hydrogen) atoms. The van der Waals surface area contributed by atoms with Gasteiger partial charge >= 0.3 is 12.2 Å². The molecule has 3 rings (SSSR count). The van der Waals surface area contributed by atoms with Gasteiger partial charge in [0.05, 0.1) is 17.8 Å². The quantitative estimate of drug-likeness (QED) is 0.855. The number of rotatable bonds is 3. The standard InChI is InChI=1S/C18H18ClF3N4O/c19-13-4-5-16(15(11-13)18(20,21)22)25-7-9-26(10-8-25)17(27)24-12-14-3-1-2-6-23-14/h1-6,11H,7-10,12H2,(H,24,27). The van der Waals surface area contributed by atoms with Crippen LogP contribution in [0.15, 0.2) is 42.6 Å². The maximum absolute atomic E-state index is 13.3. The molecule has 1 fully saturated rings. The molecular weight excluding hydrogens is 381 g/mol. The predicted octanol–water partition coefficient (Wildman–Crippen LogP) is 3.79. The van der Waals surface area contributed by atoms with E-state index < -0.39 is 11.7 Å². The number of carbonyl (C=O) groups is 1. The van der Waals surface area contributed by atoms with E-state index in [0.29, 0.717) is 32.7 Å². The van der Waals surface area contributed by atoms with Crippen molar-refractivity contribution in [3.05, 3.63) is 58.9 Å². The Morgan fingerprint density at radius 2 is 1.89 bits per heavy atom. The van der Waals surface area contributed by atoms with Crippen LogP contribution in [0.2, 0.25) is 5.02 Å². The molecule has 2 heterocycles. The zero-order chi connectivity index (χ0) is 19.4. The maximum Gasteiger partial charge on any atom is 0.418 e. The molecule has 9 heteroatoms. The number of urea groups is 1. The zero-order valence-corrected chi connectivity index (χ0v) is 15.1. The van der Waals surface area contributed by atoms with Crippen molar-refractivity contribution in [2.24, 2.45) is 0 Å². The molecule has 5 nitrogen and oxygen atoms in total. The number of nitrogens with one attached hydrogen (secondary N) is 1. The van der Waals surface area contributed by atoms with E-state index in [9.17, 15) is 18.0 Å². The Bertz CT molecular complexity index is 793. The number of piperazine rings is 1. The number of pyridine rings is 1. The largest absolute Gasteiger partial charge is 0.418 e. The minimum absolute atomic E-state index is 0.0404. The maximum atomic E-state index is 13.3. The van der Waals surface area contributed by atoms with Crippen LogP contribution in [-0.2, 0) is 12.7 Å². The number of anilines is 1. The van der Waals surface area contributed by atoms with Gasteiger partial charge in [0.25, 0.3) is 0 Å². The lowest BCUT2D eigenvalue weighted by atomic mass is 10.1. The number of aromatic nitrogens is 1. The lowest BCUT2D eigenvalue weighted by molar-refractivity contribution is -0.137. The average molecular weight is 399 g/mol. The third-order valence-corrected chi connectivity index (χ3v) is 4.55. The second-order valence-electron chi connectivity index (χ2n) is 6.11. The van der Waals surface area contributed by atoms with Crippen molar-refractivity contribution in [1.29, 1.82) is 0 Å². The Labute approximate surface area is 159 Å². The fourth-order valence-electron chi connectivity index (χ4n) is 2.94. The van der Waals surface area contributed by atoms with Crippen molar-refractivity contribution in [3.8, 4) is 0 Å².